The van der Waals surface area contributed by atoms with Crippen LogP contribution in [0.3, 0.4) is 0 Å². The lowest BCUT2D eigenvalue weighted by molar-refractivity contribution is -0.137. The number of anilines is 1. The van der Waals surface area contributed by atoms with Gasteiger partial charge in [0.1, 0.15) is 0 Å². The molecule has 0 aliphatic heterocycles. The Morgan fingerprint density at radius 2 is 1.72 bits per heavy atom. The average Bonchev–Trinajstić information content (AvgIpc) is 2.53. The van der Waals surface area contributed by atoms with E-state index in [1.54, 1.807) is 30.3 Å². The first-order valence-corrected chi connectivity index (χ1v) is 8.58. The molecule has 0 fully saturated rings. The van der Waals surface area contributed by atoms with E-state index in [0.29, 0.717) is 22.0 Å². The molecule has 0 bridgehead atoms. The van der Waals surface area contributed by atoms with E-state index in [1.165, 1.54) is 0 Å². The number of carbonyl (C=O) groups is 1. The summed E-state index contributed by atoms with van der Waals surface area (Å²) < 4.78 is 64.4. The third kappa shape index (κ3) is 4.50. The first-order valence-electron chi connectivity index (χ1n) is 6.97. The van der Waals surface area contributed by atoms with Gasteiger partial charge in [0.05, 0.1) is 22.6 Å². The summed E-state index contributed by atoms with van der Waals surface area (Å²) >= 11 is 0. The van der Waals surface area contributed by atoms with Crippen molar-refractivity contribution >= 4 is 21.7 Å². The molecule has 0 aromatic heterocycles. The van der Waals surface area contributed by atoms with Gasteiger partial charge >= 0.3 is 12.1 Å². The summed E-state index contributed by atoms with van der Waals surface area (Å²) in [6.45, 7) is 0. The van der Waals surface area contributed by atoms with Crippen LogP contribution in [-0.4, -0.2) is 26.5 Å². The van der Waals surface area contributed by atoms with Crippen LogP contribution in [-0.2, 0) is 22.0 Å². The third-order valence-electron chi connectivity index (χ3n) is 3.46. The van der Waals surface area contributed by atoms with Gasteiger partial charge in [0.15, 0.2) is 0 Å². The van der Waals surface area contributed by atoms with Gasteiger partial charge < -0.3 is 5.11 Å². The van der Waals surface area contributed by atoms with Crippen LogP contribution in [0.4, 0.5) is 18.9 Å². The number of alkyl halides is 3. The van der Waals surface area contributed by atoms with Crippen molar-refractivity contribution < 1.29 is 31.5 Å². The molecule has 5 nitrogen and oxygen atoms in total. The van der Waals surface area contributed by atoms with Crippen LogP contribution in [0.2, 0.25) is 0 Å². The molecule has 0 radical (unpaired) electrons. The molecule has 0 aliphatic carbocycles. The van der Waals surface area contributed by atoms with Gasteiger partial charge in [-0.3, -0.25) is 4.31 Å². The summed E-state index contributed by atoms with van der Waals surface area (Å²) in [6.07, 6.45) is -4.80. The first-order chi connectivity index (χ1) is 11.5. The largest absolute Gasteiger partial charge is 0.478 e. The van der Waals surface area contributed by atoms with E-state index in [-0.39, 0.29) is 5.69 Å². The fourth-order valence-corrected chi connectivity index (χ4v) is 3.36. The number of sulfonamides is 1. The van der Waals surface area contributed by atoms with Gasteiger partial charge in [-0.15, -0.1) is 0 Å². The van der Waals surface area contributed by atoms with Crippen molar-refractivity contribution in [1.82, 2.24) is 0 Å². The zero-order valence-electron chi connectivity index (χ0n) is 13.0. The molecular weight excluding hydrogens is 359 g/mol. The molecule has 9 heteroatoms. The SMILES string of the molecule is CN(c1cc(C(=O)O)cc(C(F)(F)F)c1)S(=O)(=O)Cc1ccccc1. The van der Waals surface area contributed by atoms with Crippen molar-refractivity contribution in [2.24, 2.45) is 0 Å². The summed E-state index contributed by atoms with van der Waals surface area (Å²) in [5, 5.41) is 8.98. The Morgan fingerprint density at radius 1 is 1.12 bits per heavy atom. The predicted molar refractivity (Wildman–Crippen MR) is 85.9 cm³/mol. The molecule has 1 N–H and O–H groups in total. The lowest BCUT2D eigenvalue weighted by Crippen LogP contribution is -2.28. The smallest absolute Gasteiger partial charge is 0.416 e. The molecule has 2 aromatic rings. The van der Waals surface area contributed by atoms with Gasteiger partial charge in [-0.25, -0.2) is 13.2 Å². The molecule has 2 aromatic carbocycles. The number of aromatic carboxylic acids is 1. The van der Waals surface area contributed by atoms with Crippen LogP contribution in [0.1, 0.15) is 21.5 Å². The lowest BCUT2D eigenvalue weighted by Gasteiger charge is -2.21. The number of halogens is 3. The highest BCUT2D eigenvalue weighted by Crippen LogP contribution is 2.33. The topological polar surface area (TPSA) is 74.7 Å². The molecule has 0 amide bonds. The molecule has 0 saturated carbocycles. The van der Waals surface area contributed by atoms with Crippen LogP contribution in [0, 0.1) is 0 Å². The first kappa shape index (κ1) is 18.8. The number of hydrogen-bond donors (Lipinski definition) is 1. The Morgan fingerprint density at radius 3 is 2.24 bits per heavy atom. The predicted octanol–water partition coefficient (Wildman–Crippen LogP) is 3.37. The second-order valence-corrected chi connectivity index (χ2v) is 7.28. The van der Waals surface area contributed by atoms with Crippen LogP contribution in [0.25, 0.3) is 0 Å². The molecular formula is C16H14F3NO4S. The molecule has 134 valence electrons. The molecule has 25 heavy (non-hydrogen) atoms. The van der Waals surface area contributed by atoms with Crippen LogP contribution in [0.5, 0.6) is 0 Å². The number of carboxylic acid groups (broad SMARTS) is 1. The minimum atomic E-state index is -4.80. The van der Waals surface area contributed by atoms with Crippen LogP contribution in [0.15, 0.2) is 48.5 Å². The van der Waals surface area contributed by atoms with E-state index in [4.69, 9.17) is 5.11 Å². The van der Waals surface area contributed by atoms with E-state index in [1.807, 2.05) is 0 Å². The van der Waals surface area contributed by atoms with Crippen molar-refractivity contribution in [1.29, 1.82) is 0 Å². The molecule has 0 spiro atoms. The van der Waals surface area contributed by atoms with E-state index >= 15 is 0 Å². The molecule has 2 rings (SSSR count). The zero-order valence-corrected chi connectivity index (χ0v) is 13.8. The summed E-state index contributed by atoms with van der Waals surface area (Å²) in [5.41, 5.74) is -1.79. The van der Waals surface area contributed by atoms with Gasteiger partial charge in [0, 0.05) is 7.05 Å². The van der Waals surface area contributed by atoms with E-state index in [0.717, 1.165) is 13.1 Å². The van der Waals surface area contributed by atoms with Crippen molar-refractivity contribution in [2.45, 2.75) is 11.9 Å². The maximum atomic E-state index is 13.0. The number of benzene rings is 2. The standard InChI is InChI=1S/C16H14F3NO4S/c1-20(25(23,24)10-11-5-3-2-4-6-11)14-8-12(15(21)22)7-13(9-14)16(17,18)19/h2-9H,10H2,1H3,(H,21,22). The van der Waals surface area contributed by atoms with Crippen molar-refractivity contribution in [3.8, 4) is 0 Å². The molecule has 0 saturated heterocycles. The zero-order chi connectivity index (χ0) is 18.8. The molecule has 0 unspecified atom stereocenters. The third-order valence-corrected chi connectivity index (χ3v) is 5.21. The normalized spacial score (nSPS) is 12.0. The van der Waals surface area contributed by atoms with Crippen molar-refractivity contribution in [3.05, 3.63) is 65.2 Å². The molecule has 0 aliphatic rings. The highest BCUT2D eigenvalue weighted by molar-refractivity contribution is 7.92. The molecule has 0 heterocycles. The Kier molecular flexibility index (Phi) is 5.07. The van der Waals surface area contributed by atoms with E-state index in [9.17, 15) is 26.4 Å². The second-order valence-electron chi connectivity index (χ2n) is 5.28. The Bertz CT molecular complexity index is 880. The van der Waals surface area contributed by atoms with Gasteiger partial charge in [-0.05, 0) is 23.8 Å². The van der Waals surface area contributed by atoms with Gasteiger partial charge in [-0.2, -0.15) is 13.2 Å². The van der Waals surface area contributed by atoms with E-state index < -0.39 is 39.0 Å². The Balaban J connectivity index is 2.45. The van der Waals surface area contributed by atoms with Gasteiger partial charge in [-0.1, -0.05) is 30.3 Å². The minimum Gasteiger partial charge on any atom is -0.478 e. The van der Waals surface area contributed by atoms with E-state index in [2.05, 4.69) is 0 Å². The maximum Gasteiger partial charge on any atom is 0.416 e. The van der Waals surface area contributed by atoms with Crippen molar-refractivity contribution in [3.63, 3.8) is 0 Å². The number of rotatable bonds is 5. The highest BCUT2D eigenvalue weighted by atomic mass is 32.2. The number of hydrogen-bond acceptors (Lipinski definition) is 3. The summed E-state index contributed by atoms with van der Waals surface area (Å²) in [5.74, 6) is -2.01. The Labute approximate surface area is 142 Å². The molecule has 0 atom stereocenters. The minimum absolute atomic E-state index is 0.372. The van der Waals surface area contributed by atoms with Crippen molar-refractivity contribution in [2.75, 3.05) is 11.4 Å². The summed E-state index contributed by atoms with van der Waals surface area (Å²) in [6, 6.07) is 10.1. The fourth-order valence-electron chi connectivity index (χ4n) is 2.12. The quantitative estimate of drug-likeness (QED) is 0.872. The number of carboxylic acids is 1. The van der Waals surface area contributed by atoms with Crippen LogP contribution < -0.4 is 4.31 Å². The summed E-state index contributed by atoms with van der Waals surface area (Å²) in [7, 11) is -2.92. The maximum absolute atomic E-state index is 13.0. The second kappa shape index (κ2) is 6.75. The monoisotopic (exact) mass is 373 g/mol. The van der Waals surface area contributed by atoms with Crippen LogP contribution >= 0.6 is 0 Å². The highest BCUT2D eigenvalue weighted by Gasteiger charge is 2.33. The number of nitrogens with zero attached hydrogens (tertiary/aromatic N) is 1. The Hall–Kier alpha value is -2.55. The summed E-state index contributed by atoms with van der Waals surface area (Å²) in [4.78, 5) is 11.1. The fraction of sp³-hybridized carbons (Fsp3) is 0.188. The van der Waals surface area contributed by atoms with Gasteiger partial charge in [0.2, 0.25) is 10.0 Å². The lowest BCUT2D eigenvalue weighted by atomic mass is 10.1. The van der Waals surface area contributed by atoms with Gasteiger partial charge in [0.25, 0.3) is 0 Å². The average molecular weight is 373 g/mol.